The normalized spacial score (nSPS) is 10.7. The van der Waals surface area contributed by atoms with E-state index in [9.17, 15) is 14.0 Å². The van der Waals surface area contributed by atoms with Gasteiger partial charge in [-0.15, -0.1) is 0 Å². The van der Waals surface area contributed by atoms with E-state index in [1.807, 2.05) is 6.20 Å². The van der Waals surface area contributed by atoms with Gasteiger partial charge in [0.05, 0.1) is 18.4 Å². The lowest BCUT2D eigenvalue weighted by atomic mass is 10.1. The number of carbonyl (C=O) groups excluding carboxylic acids is 2. The highest BCUT2D eigenvalue weighted by Crippen LogP contribution is 2.20. The minimum atomic E-state index is -0.325. The number of carbonyl (C=O) groups is 2. The van der Waals surface area contributed by atoms with Crippen LogP contribution in [0.5, 0.6) is 5.75 Å². The summed E-state index contributed by atoms with van der Waals surface area (Å²) in [4.78, 5) is 28.5. The van der Waals surface area contributed by atoms with Crippen LogP contribution in [0.2, 0.25) is 0 Å². The molecule has 162 valence electrons. The number of benzene rings is 3. The summed E-state index contributed by atoms with van der Waals surface area (Å²) in [5.74, 6) is -0.279. The van der Waals surface area contributed by atoms with Crippen LogP contribution in [0.3, 0.4) is 0 Å². The van der Waals surface area contributed by atoms with E-state index in [1.165, 1.54) is 12.1 Å². The van der Waals surface area contributed by atoms with E-state index < -0.39 is 0 Å². The first-order valence-corrected chi connectivity index (χ1v) is 10.1. The van der Waals surface area contributed by atoms with Crippen LogP contribution >= 0.6 is 0 Å². The Bertz CT molecular complexity index is 1270. The lowest BCUT2D eigenvalue weighted by Gasteiger charge is -2.12. The highest BCUT2D eigenvalue weighted by Gasteiger charge is 2.14. The van der Waals surface area contributed by atoms with Gasteiger partial charge in [0.25, 0.3) is 11.8 Å². The van der Waals surface area contributed by atoms with Crippen LogP contribution in [-0.4, -0.2) is 30.5 Å². The molecule has 3 N–H and O–H groups in total. The Hall–Kier alpha value is -4.13. The average Bonchev–Trinajstić information content (AvgIpc) is 3.21. The number of anilines is 1. The maximum absolute atomic E-state index is 13.6. The zero-order valence-corrected chi connectivity index (χ0v) is 17.4. The molecule has 0 atom stereocenters. The molecule has 4 aromatic rings. The van der Waals surface area contributed by atoms with E-state index in [0.29, 0.717) is 35.5 Å². The third kappa shape index (κ3) is 4.62. The number of para-hydroxylation sites is 1. The van der Waals surface area contributed by atoms with Crippen molar-refractivity contribution >= 4 is 28.4 Å². The first-order valence-electron chi connectivity index (χ1n) is 10.1. The molecule has 7 heteroatoms. The molecule has 1 heterocycles. The van der Waals surface area contributed by atoms with Gasteiger partial charge in [0.15, 0.2) is 0 Å². The second-order valence-corrected chi connectivity index (χ2v) is 7.24. The van der Waals surface area contributed by atoms with E-state index in [1.54, 1.807) is 61.7 Å². The number of hydrogen-bond acceptors (Lipinski definition) is 3. The summed E-state index contributed by atoms with van der Waals surface area (Å²) in [7, 11) is 1.56. The number of aromatic amines is 1. The number of rotatable bonds is 7. The number of ether oxygens (including phenoxy) is 1. The number of fused-ring (bicyclic) bond motifs is 1. The fourth-order valence-electron chi connectivity index (χ4n) is 3.49. The molecule has 0 bridgehead atoms. The SMILES string of the molecule is COc1ccc(C(=O)Nc2ccccc2C(=O)NCCc2c[nH]c3ccc(F)cc23)cc1. The highest BCUT2D eigenvalue weighted by atomic mass is 19.1. The topological polar surface area (TPSA) is 83.2 Å². The fraction of sp³-hybridized carbons (Fsp3) is 0.120. The summed E-state index contributed by atoms with van der Waals surface area (Å²) in [6, 6.07) is 18.1. The van der Waals surface area contributed by atoms with Crippen LogP contribution < -0.4 is 15.4 Å². The van der Waals surface area contributed by atoms with Crippen molar-refractivity contribution < 1.29 is 18.7 Å². The lowest BCUT2D eigenvalue weighted by Crippen LogP contribution is -2.27. The standard InChI is InChI=1S/C25H22FN3O3/c1-32-19-9-6-16(7-10-19)24(30)29-23-5-3-2-4-20(23)25(31)27-13-12-17-15-28-22-11-8-18(26)14-21(17)22/h2-11,14-15,28H,12-13H2,1H3,(H,27,31)(H,29,30). The highest BCUT2D eigenvalue weighted by molar-refractivity contribution is 6.09. The number of amides is 2. The Kier molecular flexibility index (Phi) is 6.17. The fourth-order valence-corrected chi connectivity index (χ4v) is 3.49. The van der Waals surface area contributed by atoms with Gasteiger partial charge in [0.1, 0.15) is 11.6 Å². The molecule has 32 heavy (non-hydrogen) atoms. The Balaban J connectivity index is 1.41. The molecule has 1 aromatic heterocycles. The summed E-state index contributed by atoms with van der Waals surface area (Å²) in [5, 5.41) is 6.46. The van der Waals surface area contributed by atoms with Crippen LogP contribution in [0.15, 0.2) is 72.9 Å². The predicted molar refractivity (Wildman–Crippen MR) is 122 cm³/mol. The summed E-state index contributed by atoms with van der Waals surface area (Å²) < 4.78 is 18.7. The molecule has 0 saturated heterocycles. The molecule has 0 saturated carbocycles. The number of hydrogen-bond donors (Lipinski definition) is 3. The quantitative estimate of drug-likeness (QED) is 0.402. The zero-order valence-electron chi connectivity index (χ0n) is 17.4. The predicted octanol–water partition coefficient (Wildman–Crippen LogP) is 4.54. The van der Waals surface area contributed by atoms with Gasteiger partial charge >= 0.3 is 0 Å². The van der Waals surface area contributed by atoms with Gasteiger partial charge in [0.2, 0.25) is 0 Å². The molecule has 0 aliphatic rings. The molecule has 3 aromatic carbocycles. The molecule has 6 nitrogen and oxygen atoms in total. The van der Waals surface area contributed by atoms with E-state index in [4.69, 9.17) is 4.74 Å². The number of nitrogens with one attached hydrogen (secondary N) is 3. The minimum absolute atomic E-state index is 0.302. The number of halogens is 1. The molecular weight excluding hydrogens is 409 g/mol. The largest absolute Gasteiger partial charge is 0.497 e. The third-order valence-corrected chi connectivity index (χ3v) is 5.18. The van der Waals surface area contributed by atoms with E-state index in [0.717, 1.165) is 16.5 Å². The Morgan fingerprint density at radius 2 is 1.78 bits per heavy atom. The molecule has 0 radical (unpaired) electrons. The number of methoxy groups -OCH3 is 1. The Morgan fingerprint density at radius 1 is 1.00 bits per heavy atom. The summed E-state index contributed by atoms with van der Waals surface area (Å²) in [6.07, 6.45) is 2.36. The molecule has 0 fully saturated rings. The van der Waals surface area contributed by atoms with E-state index in [2.05, 4.69) is 15.6 Å². The minimum Gasteiger partial charge on any atom is -0.497 e. The van der Waals surface area contributed by atoms with Gasteiger partial charge in [-0.1, -0.05) is 12.1 Å². The average molecular weight is 431 g/mol. The second kappa shape index (κ2) is 9.34. The van der Waals surface area contributed by atoms with Crippen LogP contribution in [-0.2, 0) is 6.42 Å². The molecule has 2 amide bonds. The van der Waals surface area contributed by atoms with E-state index in [-0.39, 0.29) is 17.6 Å². The maximum atomic E-state index is 13.6. The van der Waals surface area contributed by atoms with Crippen molar-refractivity contribution in [2.45, 2.75) is 6.42 Å². The van der Waals surface area contributed by atoms with Gasteiger partial charge in [-0.2, -0.15) is 0 Å². The number of aromatic nitrogens is 1. The van der Waals surface area contributed by atoms with Gasteiger partial charge in [-0.3, -0.25) is 9.59 Å². The first-order chi connectivity index (χ1) is 15.5. The first kappa shape index (κ1) is 21.1. The maximum Gasteiger partial charge on any atom is 0.255 e. The van der Waals surface area contributed by atoms with Gasteiger partial charge in [0, 0.05) is 29.2 Å². The van der Waals surface area contributed by atoms with Crippen LogP contribution in [0, 0.1) is 5.82 Å². The van der Waals surface area contributed by atoms with E-state index >= 15 is 0 Å². The molecule has 4 rings (SSSR count). The monoisotopic (exact) mass is 431 g/mol. The molecule has 0 unspecified atom stereocenters. The summed E-state index contributed by atoms with van der Waals surface area (Å²) in [6.45, 7) is 0.364. The van der Waals surface area contributed by atoms with Crippen LogP contribution in [0.25, 0.3) is 10.9 Å². The van der Waals surface area contributed by atoms with Gasteiger partial charge in [-0.25, -0.2) is 4.39 Å². The van der Waals surface area contributed by atoms with Crippen LogP contribution in [0.1, 0.15) is 26.3 Å². The van der Waals surface area contributed by atoms with Crippen LogP contribution in [0.4, 0.5) is 10.1 Å². The number of H-pyrrole nitrogens is 1. The van der Waals surface area contributed by atoms with Crippen molar-refractivity contribution in [2.75, 3.05) is 19.0 Å². The van der Waals surface area contributed by atoms with Gasteiger partial charge < -0.3 is 20.4 Å². The Morgan fingerprint density at radius 3 is 2.56 bits per heavy atom. The van der Waals surface area contributed by atoms with Crippen molar-refractivity contribution in [1.29, 1.82) is 0 Å². The molecule has 0 aliphatic heterocycles. The van der Waals surface area contributed by atoms with Gasteiger partial charge in [-0.05, 0) is 66.6 Å². The molecular formula is C25H22FN3O3. The summed E-state index contributed by atoms with van der Waals surface area (Å²) >= 11 is 0. The zero-order chi connectivity index (χ0) is 22.5. The third-order valence-electron chi connectivity index (χ3n) is 5.18. The van der Waals surface area contributed by atoms with Crippen molar-refractivity contribution in [3.8, 4) is 5.75 Å². The molecule has 0 spiro atoms. The smallest absolute Gasteiger partial charge is 0.255 e. The Labute approximate surface area is 184 Å². The molecule has 0 aliphatic carbocycles. The lowest BCUT2D eigenvalue weighted by molar-refractivity contribution is 0.0955. The van der Waals surface area contributed by atoms with Crippen molar-refractivity contribution in [1.82, 2.24) is 10.3 Å². The summed E-state index contributed by atoms with van der Waals surface area (Å²) in [5.41, 5.74) is 2.99. The van der Waals surface area contributed by atoms with Crippen molar-refractivity contribution in [3.63, 3.8) is 0 Å². The van der Waals surface area contributed by atoms with Crippen molar-refractivity contribution in [3.05, 3.63) is 95.4 Å². The van der Waals surface area contributed by atoms with Crippen molar-refractivity contribution in [2.24, 2.45) is 0 Å². The second-order valence-electron chi connectivity index (χ2n) is 7.24.